The molecule has 0 bridgehead atoms. The van der Waals surface area contributed by atoms with E-state index in [4.69, 9.17) is 0 Å². The van der Waals surface area contributed by atoms with Crippen LogP contribution in [-0.2, 0) is 0 Å². The third-order valence-electron chi connectivity index (χ3n) is 8.86. The van der Waals surface area contributed by atoms with Crippen LogP contribution >= 0.6 is 11.8 Å². The van der Waals surface area contributed by atoms with Gasteiger partial charge < -0.3 is 15.3 Å². The lowest BCUT2D eigenvalue weighted by atomic mass is 9.64. The summed E-state index contributed by atoms with van der Waals surface area (Å²) in [5.41, 5.74) is 4.56. The highest BCUT2D eigenvalue weighted by Crippen LogP contribution is 2.55. The van der Waals surface area contributed by atoms with Gasteiger partial charge in [-0.05, 0) is 86.0 Å². The summed E-state index contributed by atoms with van der Waals surface area (Å²) in [6.45, 7) is 12.9. The highest BCUT2D eigenvalue weighted by molar-refractivity contribution is 8.00. The third-order valence-corrected chi connectivity index (χ3v) is 10.2. The second-order valence-electron chi connectivity index (χ2n) is 10.8. The molecule has 4 heteroatoms. The molecule has 3 rings (SSSR count). The monoisotopic (exact) mass is 474 g/mol. The minimum absolute atomic E-state index is 0.302. The molecular weight excluding hydrogens is 428 g/mol. The number of aliphatic hydroxyl groups excluding tert-OH is 1. The van der Waals surface area contributed by atoms with Crippen LogP contribution in [0.4, 0.5) is 0 Å². The number of aliphatic hydroxyl groups is 3. The maximum Gasteiger partial charge on any atom is 0.117 e. The SMILES string of the molecule is C=C1C(=CC=C2CCC[C@]3(C)C(CC)=CC[C@@H]23)C[C@](O)(SCCCC(O)(CC)CC)C[C@@H]1O. The van der Waals surface area contributed by atoms with E-state index in [-0.39, 0.29) is 0 Å². The zero-order valence-electron chi connectivity index (χ0n) is 21.3. The number of rotatable bonds is 9. The minimum Gasteiger partial charge on any atom is -0.390 e. The molecule has 0 radical (unpaired) electrons. The first-order valence-electron chi connectivity index (χ1n) is 13.1. The van der Waals surface area contributed by atoms with Gasteiger partial charge >= 0.3 is 0 Å². The second-order valence-corrected chi connectivity index (χ2v) is 12.3. The Labute approximate surface area is 206 Å². The van der Waals surface area contributed by atoms with E-state index in [1.165, 1.54) is 30.2 Å². The van der Waals surface area contributed by atoms with Crippen molar-refractivity contribution in [2.45, 2.75) is 115 Å². The molecule has 0 amide bonds. The third kappa shape index (κ3) is 5.89. The summed E-state index contributed by atoms with van der Waals surface area (Å²) in [7, 11) is 0. The Kier molecular flexibility index (Phi) is 8.81. The van der Waals surface area contributed by atoms with E-state index in [9.17, 15) is 15.3 Å². The van der Waals surface area contributed by atoms with E-state index >= 15 is 0 Å². The smallest absolute Gasteiger partial charge is 0.117 e. The van der Waals surface area contributed by atoms with Crippen molar-refractivity contribution in [2.24, 2.45) is 11.3 Å². The minimum atomic E-state index is -0.979. The number of allylic oxidation sites excluding steroid dienone is 5. The molecule has 3 aliphatic rings. The molecule has 2 fully saturated rings. The average molecular weight is 475 g/mol. The van der Waals surface area contributed by atoms with Gasteiger partial charge in [0, 0.05) is 12.8 Å². The molecule has 0 aromatic heterocycles. The Hall–Kier alpha value is -0.810. The van der Waals surface area contributed by atoms with E-state index in [0.29, 0.717) is 24.2 Å². The molecule has 0 heterocycles. The van der Waals surface area contributed by atoms with Gasteiger partial charge in [0.2, 0.25) is 0 Å². The molecule has 0 spiro atoms. The number of hydrogen-bond donors (Lipinski definition) is 3. The van der Waals surface area contributed by atoms with Gasteiger partial charge in [-0.2, -0.15) is 0 Å². The van der Waals surface area contributed by atoms with E-state index in [2.05, 4.69) is 38.7 Å². The van der Waals surface area contributed by atoms with E-state index in [0.717, 1.165) is 61.8 Å². The first-order valence-corrected chi connectivity index (χ1v) is 14.1. The predicted molar refractivity (Wildman–Crippen MR) is 141 cm³/mol. The Morgan fingerprint density at radius 2 is 1.97 bits per heavy atom. The fraction of sp³-hybridized carbons (Fsp3) is 0.724. The average Bonchev–Trinajstić information content (AvgIpc) is 3.14. The predicted octanol–water partition coefficient (Wildman–Crippen LogP) is 6.85. The van der Waals surface area contributed by atoms with Crippen molar-refractivity contribution < 1.29 is 15.3 Å². The summed E-state index contributed by atoms with van der Waals surface area (Å²) in [6.07, 6.45) is 16.1. The summed E-state index contributed by atoms with van der Waals surface area (Å²) >= 11 is 1.52. The molecule has 0 unspecified atom stereocenters. The molecule has 0 aromatic carbocycles. The quantitative estimate of drug-likeness (QED) is 0.194. The molecule has 0 aromatic rings. The van der Waals surface area contributed by atoms with E-state index in [1.54, 1.807) is 5.57 Å². The highest BCUT2D eigenvalue weighted by atomic mass is 32.2. The standard InChI is InChI=1S/C29H46O3S/c1-6-24-14-15-25-22(11-9-16-27(24,25)5)12-13-23-19-29(32,20-26(30)21(23)4)33-18-10-17-28(31,7-2)8-3/h12-14,25-26,30-32H,4,6-11,15-20H2,1-3,5H3/t25-,26-,27+,29-/m0/s1. The van der Waals surface area contributed by atoms with Gasteiger partial charge in [-0.3, -0.25) is 0 Å². The van der Waals surface area contributed by atoms with Gasteiger partial charge in [0.15, 0.2) is 0 Å². The lowest BCUT2D eigenvalue weighted by Gasteiger charge is -2.41. The van der Waals surface area contributed by atoms with Crippen molar-refractivity contribution in [3.8, 4) is 0 Å². The fourth-order valence-corrected chi connectivity index (χ4v) is 7.53. The van der Waals surface area contributed by atoms with E-state index < -0.39 is 16.6 Å². The number of thioether (sulfide) groups is 1. The van der Waals surface area contributed by atoms with Crippen LogP contribution in [0.25, 0.3) is 0 Å². The molecule has 3 aliphatic carbocycles. The van der Waals surface area contributed by atoms with Crippen molar-refractivity contribution in [2.75, 3.05) is 5.75 Å². The maximum atomic E-state index is 11.3. The van der Waals surface area contributed by atoms with Crippen LogP contribution in [0, 0.1) is 11.3 Å². The van der Waals surface area contributed by atoms with Gasteiger partial charge in [0.25, 0.3) is 0 Å². The Balaban J connectivity index is 1.68. The molecule has 4 atom stereocenters. The number of fused-ring (bicyclic) bond motifs is 1. The van der Waals surface area contributed by atoms with Crippen LogP contribution in [0.2, 0.25) is 0 Å². The molecule has 3 nitrogen and oxygen atoms in total. The Morgan fingerprint density at radius 3 is 2.64 bits per heavy atom. The van der Waals surface area contributed by atoms with Crippen LogP contribution in [0.5, 0.6) is 0 Å². The normalized spacial score (nSPS) is 35.2. The highest BCUT2D eigenvalue weighted by Gasteiger charge is 2.44. The molecule has 33 heavy (non-hydrogen) atoms. The number of hydrogen-bond acceptors (Lipinski definition) is 4. The summed E-state index contributed by atoms with van der Waals surface area (Å²) in [5, 5.41) is 32.5. The summed E-state index contributed by atoms with van der Waals surface area (Å²) in [5.74, 6) is 1.36. The largest absolute Gasteiger partial charge is 0.390 e. The van der Waals surface area contributed by atoms with Crippen molar-refractivity contribution in [3.05, 3.63) is 47.1 Å². The van der Waals surface area contributed by atoms with Gasteiger partial charge in [-0.1, -0.05) is 63.6 Å². The summed E-state index contributed by atoms with van der Waals surface area (Å²) in [4.78, 5) is -0.979. The van der Waals surface area contributed by atoms with Crippen LogP contribution in [0.15, 0.2) is 47.1 Å². The van der Waals surface area contributed by atoms with Gasteiger partial charge in [0.05, 0.1) is 11.7 Å². The lowest BCUT2D eigenvalue weighted by Crippen LogP contribution is -2.37. The van der Waals surface area contributed by atoms with Gasteiger partial charge in [0.1, 0.15) is 4.93 Å². The summed E-state index contributed by atoms with van der Waals surface area (Å²) < 4.78 is 0. The van der Waals surface area contributed by atoms with Crippen molar-refractivity contribution in [3.63, 3.8) is 0 Å². The second kappa shape index (κ2) is 10.8. The van der Waals surface area contributed by atoms with Crippen LogP contribution < -0.4 is 0 Å². The van der Waals surface area contributed by atoms with Gasteiger partial charge in [-0.15, -0.1) is 11.8 Å². The van der Waals surface area contributed by atoms with Crippen molar-refractivity contribution in [1.82, 2.24) is 0 Å². The lowest BCUT2D eigenvalue weighted by molar-refractivity contribution is 0.0229. The zero-order chi connectivity index (χ0) is 24.3. The van der Waals surface area contributed by atoms with Gasteiger partial charge in [-0.25, -0.2) is 0 Å². The maximum absolute atomic E-state index is 11.3. The zero-order valence-corrected chi connectivity index (χ0v) is 22.1. The van der Waals surface area contributed by atoms with Crippen LogP contribution in [-0.4, -0.2) is 37.7 Å². The topological polar surface area (TPSA) is 60.7 Å². The molecule has 2 saturated carbocycles. The molecule has 3 N–H and O–H groups in total. The molecule has 0 saturated heterocycles. The van der Waals surface area contributed by atoms with Crippen molar-refractivity contribution in [1.29, 1.82) is 0 Å². The van der Waals surface area contributed by atoms with Crippen LogP contribution in [0.3, 0.4) is 0 Å². The summed E-state index contributed by atoms with van der Waals surface area (Å²) in [6, 6.07) is 0. The van der Waals surface area contributed by atoms with Crippen molar-refractivity contribution >= 4 is 11.8 Å². The first kappa shape index (κ1) is 26.8. The molecular formula is C29H46O3S. The van der Waals surface area contributed by atoms with Crippen LogP contribution in [0.1, 0.15) is 98.3 Å². The molecule has 0 aliphatic heterocycles. The Morgan fingerprint density at radius 1 is 1.24 bits per heavy atom. The first-order chi connectivity index (χ1) is 15.6. The van der Waals surface area contributed by atoms with E-state index in [1.807, 2.05) is 13.8 Å². The Bertz CT molecular complexity index is 806. The molecule has 186 valence electrons. The fourth-order valence-electron chi connectivity index (χ4n) is 6.33.